The number of urea groups is 1. The fourth-order valence-electron chi connectivity index (χ4n) is 4.32. The normalized spacial score (nSPS) is 25.6. The van der Waals surface area contributed by atoms with Crippen molar-refractivity contribution in [3.63, 3.8) is 0 Å². The van der Waals surface area contributed by atoms with E-state index in [9.17, 15) is 9.59 Å². The van der Waals surface area contributed by atoms with Gasteiger partial charge < -0.3 is 0 Å². The molecule has 7 nitrogen and oxygen atoms in total. The molecule has 2 fully saturated rings. The number of hydrogen-bond acceptors (Lipinski definition) is 4. The van der Waals surface area contributed by atoms with Gasteiger partial charge in [0, 0.05) is 24.6 Å². The molecule has 0 aliphatic carbocycles. The van der Waals surface area contributed by atoms with E-state index in [-0.39, 0.29) is 11.9 Å². The Morgan fingerprint density at radius 1 is 1.14 bits per heavy atom. The van der Waals surface area contributed by atoms with Crippen LogP contribution < -0.4 is 0 Å². The third-order valence-corrected chi connectivity index (χ3v) is 6.69. The second kappa shape index (κ2) is 7.99. The standard InChI is InChI=1S/C21H27BrN5O2/c1-14-6-4-5-11-26(14)13-17-23-19-18(20(28)25(3)21(29)24(19)2)27(17)12-15-7-9-16(22)10-8-15/h7-10,14,18H,4-6,11-13H2,1-3H3/q+1. The highest BCUT2D eigenvalue weighted by molar-refractivity contribution is 9.10. The summed E-state index contributed by atoms with van der Waals surface area (Å²) < 4.78 is 3.09. The van der Waals surface area contributed by atoms with Gasteiger partial charge in [0.15, 0.2) is 0 Å². The Hall–Kier alpha value is -2.06. The van der Waals surface area contributed by atoms with E-state index >= 15 is 0 Å². The number of likely N-dealkylation sites (tertiary alicyclic amines) is 1. The molecule has 1 aromatic carbocycles. The largest absolute Gasteiger partial charge is 0.333 e. The Kier molecular flexibility index (Phi) is 5.57. The molecule has 29 heavy (non-hydrogen) atoms. The number of rotatable bonds is 4. The number of hydrogen-bond donors (Lipinski definition) is 0. The first-order valence-electron chi connectivity index (χ1n) is 10.1. The maximum Gasteiger partial charge on any atom is 0.333 e. The number of aliphatic imine (C=N–C) groups is 1. The van der Waals surface area contributed by atoms with Crippen molar-refractivity contribution in [3.8, 4) is 0 Å². The zero-order valence-electron chi connectivity index (χ0n) is 17.1. The minimum atomic E-state index is -0.554. The van der Waals surface area contributed by atoms with Crippen LogP contribution in [0.3, 0.4) is 0 Å². The second-order valence-electron chi connectivity index (χ2n) is 8.10. The van der Waals surface area contributed by atoms with Crippen LogP contribution in [0.15, 0.2) is 33.7 Å². The molecule has 3 aliphatic rings. The minimum Gasteiger partial charge on any atom is -0.289 e. The summed E-state index contributed by atoms with van der Waals surface area (Å²) in [6.45, 7) is 4.55. The average Bonchev–Trinajstić information content (AvgIpc) is 3.06. The fourth-order valence-corrected chi connectivity index (χ4v) is 4.58. The molecule has 0 spiro atoms. The van der Waals surface area contributed by atoms with Gasteiger partial charge in [-0.05, 0) is 49.0 Å². The number of carbonyl (C=O) groups excluding carboxylic acids is 2. The molecule has 3 aliphatic heterocycles. The Bertz CT molecular complexity index is 895. The van der Waals surface area contributed by atoms with Crippen LogP contribution in [0.25, 0.3) is 0 Å². The number of imide groups is 1. The van der Waals surface area contributed by atoms with Gasteiger partial charge in [0.25, 0.3) is 17.8 Å². The van der Waals surface area contributed by atoms with Crippen molar-refractivity contribution in [3.05, 3.63) is 34.3 Å². The molecule has 1 aromatic rings. The number of likely N-dealkylation sites (N-methyl/N-ethyl adjacent to an activating group) is 2. The van der Waals surface area contributed by atoms with Crippen LogP contribution in [0.2, 0.25) is 0 Å². The predicted molar refractivity (Wildman–Crippen MR) is 115 cm³/mol. The SMILES string of the molecule is CC1CCCCN1CC1=[N+](Cc2ccc(Br)cc2)C2C(=O)N(C)C(=O)N(C)C2=N1. The summed E-state index contributed by atoms with van der Waals surface area (Å²) in [5, 5.41) is 0. The molecule has 0 saturated carbocycles. The van der Waals surface area contributed by atoms with E-state index in [0.717, 1.165) is 22.4 Å². The topological polar surface area (TPSA) is 59.2 Å². The van der Waals surface area contributed by atoms with E-state index in [0.29, 0.717) is 25.0 Å². The fraction of sp³-hybridized carbons (Fsp3) is 0.524. The Morgan fingerprint density at radius 3 is 2.55 bits per heavy atom. The maximum absolute atomic E-state index is 13.0. The summed E-state index contributed by atoms with van der Waals surface area (Å²) in [6, 6.07) is 7.71. The first-order chi connectivity index (χ1) is 13.9. The lowest BCUT2D eigenvalue weighted by molar-refractivity contribution is -0.552. The Labute approximate surface area is 179 Å². The molecule has 154 valence electrons. The molecular formula is C21H27BrN5O2+. The lowest BCUT2D eigenvalue weighted by Crippen LogP contribution is -2.61. The van der Waals surface area contributed by atoms with Crippen molar-refractivity contribution >= 4 is 39.5 Å². The van der Waals surface area contributed by atoms with Gasteiger partial charge in [-0.1, -0.05) is 34.5 Å². The summed E-state index contributed by atoms with van der Waals surface area (Å²) in [7, 11) is 3.24. The number of halogens is 1. The summed E-state index contributed by atoms with van der Waals surface area (Å²) >= 11 is 3.48. The quantitative estimate of drug-likeness (QED) is 0.648. The first-order valence-corrected chi connectivity index (χ1v) is 10.9. The molecule has 2 saturated heterocycles. The summed E-state index contributed by atoms with van der Waals surface area (Å²) in [5.41, 5.74) is 1.10. The average molecular weight is 461 g/mol. The second-order valence-corrected chi connectivity index (χ2v) is 9.01. The molecule has 0 radical (unpaired) electrons. The molecule has 0 aromatic heterocycles. The third-order valence-electron chi connectivity index (χ3n) is 6.16. The molecule has 3 amide bonds. The van der Waals surface area contributed by atoms with E-state index in [4.69, 9.17) is 4.99 Å². The van der Waals surface area contributed by atoms with Crippen molar-refractivity contribution in [2.75, 3.05) is 27.2 Å². The van der Waals surface area contributed by atoms with Crippen molar-refractivity contribution in [1.82, 2.24) is 14.7 Å². The van der Waals surface area contributed by atoms with Crippen molar-refractivity contribution in [2.45, 2.75) is 44.8 Å². The van der Waals surface area contributed by atoms with Crippen LogP contribution in [-0.2, 0) is 11.3 Å². The van der Waals surface area contributed by atoms with Crippen LogP contribution in [0.4, 0.5) is 4.79 Å². The molecule has 2 atom stereocenters. The summed E-state index contributed by atoms with van der Waals surface area (Å²) in [6.07, 6.45) is 3.62. The van der Waals surface area contributed by atoms with E-state index < -0.39 is 6.04 Å². The molecule has 8 heteroatoms. The maximum atomic E-state index is 13.0. The molecule has 0 N–H and O–H groups in total. The molecule has 2 unspecified atom stereocenters. The number of amidine groups is 2. The highest BCUT2D eigenvalue weighted by Crippen LogP contribution is 2.23. The number of piperidine rings is 1. The zero-order valence-corrected chi connectivity index (χ0v) is 18.7. The van der Waals surface area contributed by atoms with E-state index in [2.05, 4.69) is 44.5 Å². The van der Waals surface area contributed by atoms with Gasteiger partial charge in [-0.3, -0.25) is 19.5 Å². The molecule has 4 rings (SSSR count). The van der Waals surface area contributed by atoms with E-state index in [1.54, 1.807) is 14.1 Å². The number of benzene rings is 1. The summed E-state index contributed by atoms with van der Waals surface area (Å²) in [5.74, 6) is 1.19. The third kappa shape index (κ3) is 3.75. The molecule has 0 bridgehead atoms. The number of amides is 3. The van der Waals surface area contributed by atoms with E-state index in [1.807, 2.05) is 12.1 Å². The van der Waals surface area contributed by atoms with Crippen molar-refractivity contribution in [1.29, 1.82) is 0 Å². The van der Waals surface area contributed by atoms with Gasteiger partial charge >= 0.3 is 11.9 Å². The number of fused-ring (bicyclic) bond motifs is 1. The van der Waals surface area contributed by atoms with Crippen LogP contribution in [0.5, 0.6) is 0 Å². The van der Waals surface area contributed by atoms with Gasteiger partial charge in [0.1, 0.15) is 13.1 Å². The van der Waals surface area contributed by atoms with Crippen LogP contribution in [-0.4, -0.2) is 82.2 Å². The van der Waals surface area contributed by atoms with Crippen LogP contribution in [0.1, 0.15) is 31.7 Å². The monoisotopic (exact) mass is 460 g/mol. The summed E-state index contributed by atoms with van der Waals surface area (Å²) in [4.78, 5) is 35.4. The smallest absolute Gasteiger partial charge is 0.289 e. The highest BCUT2D eigenvalue weighted by atomic mass is 79.9. The van der Waals surface area contributed by atoms with Crippen molar-refractivity contribution < 1.29 is 14.2 Å². The van der Waals surface area contributed by atoms with E-state index in [1.165, 1.54) is 29.1 Å². The Balaban J connectivity index is 1.71. The first kappa shape index (κ1) is 20.2. The molecule has 3 heterocycles. The van der Waals surface area contributed by atoms with Gasteiger partial charge in [0.05, 0.1) is 0 Å². The number of carbonyl (C=O) groups is 2. The van der Waals surface area contributed by atoms with Gasteiger partial charge in [-0.15, -0.1) is 0 Å². The Morgan fingerprint density at radius 2 is 1.86 bits per heavy atom. The molecular weight excluding hydrogens is 434 g/mol. The zero-order chi connectivity index (χ0) is 20.7. The highest BCUT2D eigenvalue weighted by Gasteiger charge is 2.53. The predicted octanol–water partition coefficient (Wildman–Crippen LogP) is 2.54. The van der Waals surface area contributed by atoms with Crippen molar-refractivity contribution in [2.24, 2.45) is 4.99 Å². The van der Waals surface area contributed by atoms with Gasteiger partial charge in [-0.2, -0.15) is 0 Å². The van der Waals surface area contributed by atoms with Crippen LogP contribution >= 0.6 is 15.9 Å². The number of nitrogens with zero attached hydrogens (tertiary/aromatic N) is 5. The lowest BCUT2D eigenvalue weighted by Gasteiger charge is -2.32. The van der Waals surface area contributed by atoms with Gasteiger partial charge in [-0.25, -0.2) is 9.37 Å². The van der Waals surface area contributed by atoms with Crippen LogP contribution in [0, 0.1) is 0 Å². The van der Waals surface area contributed by atoms with Gasteiger partial charge in [0.2, 0.25) is 0 Å². The minimum absolute atomic E-state index is 0.217. The lowest BCUT2D eigenvalue weighted by atomic mass is 10.0.